The van der Waals surface area contributed by atoms with E-state index in [-0.39, 0.29) is 12.1 Å². The molecule has 4 fully saturated rings. The highest BCUT2D eigenvalue weighted by atomic mass is 16.5. The highest BCUT2D eigenvalue weighted by Crippen LogP contribution is 2.59. The number of carbonyl (C=O) groups is 1. The lowest BCUT2D eigenvalue weighted by Crippen LogP contribution is -2.44. The number of hydrogen-bond donors (Lipinski definition) is 0. The molecule has 2 nitrogen and oxygen atoms in total. The second-order valence-corrected chi connectivity index (χ2v) is 11.8. The van der Waals surface area contributed by atoms with Gasteiger partial charge in [0.2, 0.25) is 0 Å². The number of unbranched alkanes of at least 4 members (excludes halogenated alkanes) is 4. The first-order chi connectivity index (χ1) is 16.6. The van der Waals surface area contributed by atoms with Gasteiger partial charge in [-0.2, -0.15) is 0 Å². The molecule has 0 aromatic heterocycles. The molecule has 1 aromatic carbocycles. The van der Waals surface area contributed by atoms with E-state index in [0.29, 0.717) is 16.7 Å². The number of hydrogen-bond acceptors (Lipinski definition) is 2. The van der Waals surface area contributed by atoms with E-state index in [4.69, 9.17) is 4.74 Å². The summed E-state index contributed by atoms with van der Waals surface area (Å²) >= 11 is 0. The Balaban J connectivity index is 1.25. The van der Waals surface area contributed by atoms with Crippen LogP contribution in [-0.2, 0) is 14.9 Å². The van der Waals surface area contributed by atoms with E-state index in [1.165, 1.54) is 69.8 Å². The molecule has 2 heteroatoms. The summed E-state index contributed by atoms with van der Waals surface area (Å²) in [5.74, 6) is 0.461. The average molecular weight is 465 g/mol. The van der Waals surface area contributed by atoms with Crippen LogP contribution in [0.25, 0.3) is 0 Å². The smallest absolute Gasteiger partial charge is 0.330 e. The molecule has 0 atom stereocenters. The number of rotatable bonds is 11. The van der Waals surface area contributed by atoms with Crippen molar-refractivity contribution in [2.75, 3.05) is 0 Å². The number of esters is 1. The van der Waals surface area contributed by atoms with Crippen LogP contribution in [0.15, 0.2) is 36.4 Å². The van der Waals surface area contributed by atoms with Gasteiger partial charge in [-0.15, -0.1) is 0 Å². The molecule has 1 aromatic rings. The molecule has 5 rings (SSSR count). The predicted molar refractivity (Wildman–Crippen MR) is 142 cm³/mol. The van der Waals surface area contributed by atoms with Crippen LogP contribution in [0.2, 0.25) is 0 Å². The molecule has 0 spiro atoms. The highest BCUT2D eigenvalue weighted by Gasteiger charge is 2.48. The Morgan fingerprint density at radius 2 is 1.53 bits per heavy atom. The molecule has 0 heterocycles. The zero-order valence-corrected chi connectivity index (χ0v) is 22.0. The van der Waals surface area contributed by atoms with Crippen LogP contribution < -0.4 is 0 Å². The van der Waals surface area contributed by atoms with Gasteiger partial charge in [0, 0.05) is 6.08 Å². The first-order valence-corrected chi connectivity index (χ1v) is 14.6. The van der Waals surface area contributed by atoms with Gasteiger partial charge in [-0.05, 0) is 105 Å². The highest BCUT2D eigenvalue weighted by molar-refractivity contribution is 5.82. The SMILES string of the molecule is CCCCC=CC(=O)OC1CCC(c2ccc(C34CCC(CCCCC)(CC3)CC4)cc2)CC1. The quantitative estimate of drug-likeness (QED) is 0.185. The van der Waals surface area contributed by atoms with Crippen molar-refractivity contribution in [3.05, 3.63) is 47.5 Å². The summed E-state index contributed by atoms with van der Waals surface area (Å²) in [5, 5.41) is 0. The summed E-state index contributed by atoms with van der Waals surface area (Å²) in [7, 11) is 0. The normalized spacial score (nSPS) is 31.1. The third-order valence-electron chi connectivity index (χ3n) is 9.64. The van der Waals surface area contributed by atoms with Gasteiger partial charge in [0.25, 0.3) is 0 Å². The van der Waals surface area contributed by atoms with E-state index in [9.17, 15) is 4.79 Å². The lowest BCUT2D eigenvalue weighted by molar-refractivity contribution is -0.144. The molecular formula is C32H48O2. The number of ether oxygens (including phenoxy) is 1. The van der Waals surface area contributed by atoms with E-state index >= 15 is 0 Å². The maximum absolute atomic E-state index is 12.1. The molecule has 0 unspecified atom stereocenters. The molecule has 0 aliphatic heterocycles. The van der Waals surface area contributed by atoms with Gasteiger partial charge in [-0.25, -0.2) is 4.79 Å². The summed E-state index contributed by atoms with van der Waals surface area (Å²) in [4.78, 5) is 12.1. The fourth-order valence-corrected chi connectivity index (χ4v) is 7.15. The van der Waals surface area contributed by atoms with E-state index in [2.05, 4.69) is 38.1 Å². The standard InChI is InChI=1S/C32H48O2/c1-3-5-7-8-10-30(33)34-29-17-13-27(14-18-29)26-11-15-28(16-12-26)32-23-20-31(21-24-32,22-25-32)19-9-6-4-2/h8,10-12,15-16,27,29H,3-7,9,13-14,17-25H2,1-2H3. The Kier molecular flexibility index (Phi) is 8.94. The molecule has 0 saturated heterocycles. The third kappa shape index (κ3) is 6.16. The molecule has 0 N–H and O–H groups in total. The van der Waals surface area contributed by atoms with Crippen LogP contribution in [0, 0.1) is 5.41 Å². The number of fused-ring (bicyclic) bond motifs is 3. The minimum absolute atomic E-state index is 0.0970. The second-order valence-electron chi connectivity index (χ2n) is 11.8. The van der Waals surface area contributed by atoms with Crippen LogP contribution >= 0.6 is 0 Å². The van der Waals surface area contributed by atoms with Crippen LogP contribution in [0.1, 0.15) is 140 Å². The van der Waals surface area contributed by atoms with Crippen molar-refractivity contribution < 1.29 is 9.53 Å². The monoisotopic (exact) mass is 464 g/mol. The predicted octanol–water partition coefficient (Wildman–Crippen LogP) is 9.17. The first kappa shape index (κ1) is 25.5. The van der Waals surface area contributed by atoms with Crippen molar-refractivity contribution >= 4 is 5.97 Å². The molecule has 2 bridgehead atoms. The first-order valence-electron chi connectivity index (χ1n) is 14.6. The maximum Gasteiger partial charge on any atom is 0.330 e. The van der Waals surface area contributed by atoms with Crippen molar-refractivity contribution in [3.63, 3.8) is 0 Å². The molecule has 0 radical (unpaired) electrons. The number of carbonyl (C=O) groups excluding carboxylic acids is 1. The largest absolute Gasteiger partial charge is 0.459 e. The molecule has 4 saturated carbocycles. The molecular weight excluding hydrogens is 416 g/mol. The topological polar surface area (TPSA) is 26.3 Å². The maximum atomic E-state index is 12.1. The van der Waals surface area contributed by atoms with Crippen molar-refractivity contribution in [3.8, 4) is 0 Å². The van der Waals surface area contributed by atoms with E-state index < -0.39 is 0 Å². The summed E-state index contributed by atoms with van der Waals surface area (Å²) in [6, 6.07) is 9.79. The van der Waals surface area contributed by atoms with E-state index in [1.807, 2.05) is 6.08 Å². The minimum Gasteiger partial charge on any atom is -0.459 e. The lowest BCUT2D eigenvalue weighted by atomic mass is 9.51. The number of benzene rings is 1. The summed E-state index contributed by atoms with van der Waals surface area (Å²) < 4.78 is 5.70. The average Bonchev–Trinajstić information content (AvgIpc) is 2.88. The van der Waals surface area contributed by atoms with Crippen LogP contribution in [0.4, 0.5) is 0 Å². The molecule has 4 aliphatic rings. The zero-order valence-electron chi connectivity index (χ0n) is 22.0. The zero-order chi connectivity index (χ0) is 23.9. The van der Waals surface area contributed by atoms with Gasteiger partial charge in [0.15, 0.2) is 0 Å². The van der Waals surface area contributed by atoms with Crippen molar-refractivity contribution in [2.24, 2.45) is 5.41 Å². The van der Waals surface area contributed by atoms with Crippen molar-refractivity contribution in [2.45, 2.75) is 140 Å². The summed E-state index contributed by atoms with van der Waals surface area (Å²) in [6.07, 6.45) is 25.4. The lowest BCUT2D eigenvalue weighted by Gasteiger charge is -2.54. The Labute approximate surface area is 208 Å². The van der Waals surface area contributed by atoms with Gasteiger partial charge in [0.1, 0.15) is 6.10 Å². The van der Waals surface area contributed by atoms with Gasteiger partial charge in [0.05, 0.1) is 0 Å². The molecule has 0 amide bonds. The Hall–Kier alpha value is -1.57. The second kappa shape index (κ2) is 11.9. The van der Waals surface area contributed by atoms with Crippen molar-refractivity contribution in [1.82, 2.24) is 0 Å². The number of allylic oxidation sites excluding steroid dienone is 1. The summed E-state index contributed by atoms with van der Waals surface area (Å²) in [5.41, 5.74) is 4.24. The van der Waals surface area contributed by atoms with Gasteiger partial charge >= 0.3 is 5.97 Å². The third-order valence-corrected chi connectivity index (χ3v) is 9.64. The fraction of sp³-hybridized carbons (Fsp3) is 0.719. The van der Waals surface area contributed by atoms with Gasteiger partial charge in [-0.3, -0.25) is 0 Å². The minimum atomic E-state index is -0.155. The molecule has 4 aliphatic carbocycles. The Bertz CT molecular complexity index is 772. The molecule has 188 valence electrons. The van der Waals surface area contributed by atoms with E-state index in [0.717, 1.165) is 44.9 Å². The fourth-order valence-electron chi connectivity index (χ4n) is 7.15. The Morgan fingerprint density at radius 3 is 2.15 bits per heavy atom. The van der Waals surface area contributed by atoms with Crippen LogP contribution in [-0.4, -0.2) is 12.1 Å². The van der Waals surface area contributed by atoms with E-state index in [1.54, 1.807) is 11.6 Å². The Morgan fingerprint density at radius 1 is 0.882 bits per heavy atom. The summed E-state index contributed by atoms with van der Waals surface area (Å²) in [6.45, 7) is 4.49. The van der Waals surface area contributed by atoms with Crippen LogP contribution in [0.3, 0.4) is 0 Å². The van der Waals surface area contributed by atoms with Crippen molar-refractivity contribution in [1.29, 1.82) is 0 Å². The van der Waals surface area contributed by atoms with Crippen LogP contribution in [0.5, 0.6) is 0 Å². The van der Waals surface area contributed by atoms with Gasteiger partial charge < -0.3 is 4.74 Å². The van der Waals surface area contributed by atoms with Gasteiger partial charge in [-0.1, -0.05) is 76.3 Å². The molecule has 34 heavy (non-hydrogen) atoms.